The molecule has 5 nitrogen and oxygen atoms in total. The van der Waals surface area contributed by atoms with E-state index in [2.05, 4.69) is 24.0 Å². The molecule has 2 aromatic rings. The highest BCUT2D eigenvalue weighted by Crippen LogP contribution is 2.28. The number of para-hydroxylation sites is 1. The molecule has 1 fully saturated rings. The van der Waals surface area contributed by atoms with E-state index in [0.717, 1.165) is 29.6 Å². The summed E-state index contributed by atoms with van der Waals surface area (Å²) in [7, 11) is 1.41. The summed E-state index contributed by atoms with van der Waals surface area (Å²) in [6.45, 7) is 4.22. The van der Waals surface area contributed by atoms with Crippen molar-refractivity contribution in [3.8, 4) is 0 Å². The van der Waals surface area contributed by atoms with Gasteiger partial charge in [0, 0.05) is 29.9 Å². The van der Waals surface area contributed by atoms with Crippen molar-refractivity contribution in [2.75, 3.05) is 31.7 Å². The van der Waals surface area contributed by atoms with E-state index in [4.69, 9.17) is 14.5 Å². The fraction of sp³-hybridized carbons (Fsp3) is 0.444. The van der Waals surface area contributed by atoms with E-state index in [1.807, 2.05) is 18.2 Å². The molecule has 1 aromatic carbocycles. The number of rotatable bonds is 4. The molecule has 0 spiro atoms. The van der Waals surface area contributed by atoms with Gasteiger partial charge in [-0.05, 0) is 18.6 Å². The van der Waals surface area contributed by atoms with Crippen LogP contribution < -0.4 is 4.90 Å². The lowest BCUT2D eigenvalue weighted by atomic mass is 10.1. The Balaban J connectivity index is 1.91. The minimum atomic E-state index is -0.231. The number of morpholine rings is 1. The van der Waals surface area contributed by atoms with Crippen LogP contribution in [0.1, 0.15) is 19.0 Å². The summed E-state index contributed by atoms with van der Waals surface area (Å²) in [5.41, 5.74) is 3.26. The highest BCUT2D eigenvalue weighted by Gasteiger charge is 2.24. The van der Waals surface area contributed by atoms with Crippen molar-refractivity contribution in [1.82, 2.24) is 4.98 Å². The molecule has 3 rings (SSSR count). The van der Waals surface area contributed by atoms with E-state index in [1.54, 1.807) is 0 Å². The molecular weight excluding hydrogens is 292 g/mol. The van der Waals surface area contributed by atoms with Gasteiger partial charge in [0.15, 0.2) is 0 Å². The van der Waals surface area contributed by atoms with Gasteiger partial charge in [-0.2, -0.15) is 0 Å². The highest BCUT2D eigenvalue weighted by molar-refractivity contribution is 5.92. The molecule has 5 heteroatoms. The molecule has 0 bridgehead atoms. The van der Waals surface area contributed by atoms with Gasteiger partial charge < -0.3 is 14.4 Å². The highest BCUT2D eigenvalue weighted by atomic mass is 16.5. The number of aromatic nitrogens is 1. The van der Waals surface area contributed by atoms with Crippen molar-refractivity contribution < 1.29 is 14.3 Å². The molecule has 0 radical (unpaired) electrons. The van der Waals surface area contributed by atoms with Crippen LogP contribution in [0.4, 0.5) is 5.69 Å². The zero-order valence-electron chi connectivity index (χ0n) is 13.6. The Morgan fingerprint density at radius 3 is 3.04 bits per heavy atom. The molecule has 1 unspecified atom stereocenters. The van der Waals surface area contributed by atoms with Crippen molar-refractivity contribution in [2.24, 2.45) is 0 Å². The Hall–Kier alpha value is -2.14. The van der Waals surface area contributed by atoms with Gasteiger partial charge in [0.2, 0.25) is 0 Å². The first-order valence-electron chi connectivity index (χ1n) is 8.03. The number of ether oxygens (including phenoxy) is 2. The lowest BCUT2D eigenvalue weighted by molar-refractivity contribution is -0.144. The Morgan fingerprint density at radius 2 is 2.26 bits per heavy atom. The second-order valence-corrected chi connectivity index (χ2v) is 5.72. The lowest BCUT2D eigenvalue weighted by Crippen LogP contribution is -2.43. The van der Waals surface area contributed by atoms with Crippen LogP contribution in [0.5, 0.6) is 0 Å². The second-order valence-electron chi connectivity index (χ2n) is 5.72. The summed E-state index contributed by atoms with van der Waals surface area (Å²) in [5.74, 6) is -0.231. The first-order valence-corrected chi connectivity index (χ1v) is 8.03. The SMILES string of the molecule is CCc1cc(N2CCOC(CC(=O)OC)C2)c2ccccc2n1. The van der Waals surface area contributed by atoms with Crippen LogP contribution in [-0.2, 0) is 20.7 Å². The van der Waals surface area contributed by atoms with Gasteiger partial charge in [0.05, 0.1) is 31.8 Å². The largest absolute Gasteiger partial charge is 0.469 e. The van der Waals surface area contributed by atoms with Crippen LogP contribution in [0.15, 0.2) is 30.3 Å². The molecular formula is C18H22N2O3. The maximum atomic E-state index is 11.5. The van der Waals surface area contributed by atoms with Crippen molar-refractivity contribution in [3.05, 3.63) is 36.0 Å². The smallest absolute Gasteiger partial charge is 0.308 e. The third kappa shape index (κ3) is 3.45. The maximum Gasteiger partial charge on any atom is 0.308 e. The van der Waals surface area contributed by atoms with Gasteiger partial charge in [0.25, 0.3) is 0 Å². The number of esters is 1. The van der Waals surface area contributed by atoms with Crippen molar-refractivity contribution in [1.29, 1.82) is 0 Å². The molecule has 0 N–H and O–H groups in total. The predicted octanol–water partition coefficient (Wildman–Crippen LogP) is 2.57. The number of nitrogens with zero attached hydrogens (tertiary/aromatic N) is 2. The number of carbonyl (C=O) groups is 1. The zero-order chi connectivity index (χ0) is 16.2. The second kappa shape index (κ2) is 6.96. The normalized spacial score (nSPS) is 18.2. The standard InChI is InChI=1S/C18H22N2O3/c1-3-13-10-17(15-6-4-5-7-16(15)19-13)20-8-9-23-14(12-20)11-18(21)22-2/h4-7,10,14H,3,8-9,11-12H2,1-2H3. The Morgan fingerprint density at radius 1 is 1.43 bits per heavy atom. The Bertz CT molecular complexity index is 702. The molecule has 1 atom stereocenters. The van der Waals surface area contributed by atoms with Crippen LogP contribution in [0.3, 0.4) is 0 Å². The first-order chi connectivity index (χ1) is 11.2. The van der Waals surface area contributed by atoms with Gasteiger partial charge in [-0.3, -0.25) is 9.78 Å². The summed E-state index contributed by atoms with van der Waals surface area (Å²) in [6, 6.07) is 10.3. The molecule has 0 saturated carbocycles. The molecule has 1 aromatic heterocycles. The minimum absolute atomic E-state index is 0.131. The zero-order valence-corrected chi connectivity index (χ0v) is 13.6. The van der Waals surface area contributed by atoms with Gasteiger partial charge in [-0.1, -0.05) is 25.1 Å². The average molecular weight is 314 g/mol. The average Bonchev–Trinajstić information content (AvgIpc) is 2.60. The van der Waals surface area contributed by atoms with Crippen molar-refractivity contribution >= 4 is 22.6 Å². The van der Waals surface area contributed by atoms with Gasteiger partial charge in [-0.25, -0.2) is 0 Å². The number of benzene rings is 1. The van der Waals surface area contributed by atoms with Crippen molar-refractivity contribution in [3.63, 3.8) is 0 Å². The summed E-state index contributed by atoms with van der Waals surface area (Å²) < 4.78 is 10.5. The summed E-state index contributed by atoms with van der Waals surface area (Å²) in [4.78, 5) is 18.5. The first kappa shape index (κ1) is 15.7. The number of hydrogen-bond acceptors (Lipinski definition) is 5. The molecule has 122 valence electrons. The fourth-order valence-corrected chi connectivity index (χ4v) is 2.98. The van der Waals surface area contributed by atoms with Gasteiger partial charge in [0.1, 0.15) is 0 Å². The van der Waals surface area contributed by atoms with Crippen molar-refractivity contribution in [2.45, 2.75) is 25.9 Å². The predicted molar refractivity (Wildman–Crippen MR) is 89.7 cm³/mol. The van der Waals surface area contributed by atoms with E-state index in [1.165, 1.54) is 12.8 Å². The lowest BCUT2D eigenvalue weighted by Gasteiger charge is -2.35. The molecule has 23 heavy (non-hydrogen) atoms. The van der Waals surface area contributed by atoms with Crippen LogP contribution in [0, 0.1) is 0 Å². The van der Waals surface area contributed by atoms with E-state index < -0.39 is 0 Å². The minimum Gasteiger partial charge on any atom is -0.469 e. The van der Waals surface area contributed by atoms with Gasteiger partial charge >= 0.3 is 5.97 Å². The van der Waals surface area contributed by atoms with E-state index in [0.29, 0.717) is 13.2 Å². The van der Waals surface area contributed by atoms with Gasteiger partial charge in [-0.15, -0.1) is 0 Å². The van der Waals surface area contributed by atoms with Crippen LogP contribution in [-0.4, -0.2) is 43.9 Å². The molecule has 0 amide bonds. The van der Waals surface area contributed by atoms with E-state index >= 15 is 0 Å². The number of pyridine rings is 1. The number of carbonyl (C=O) groups excluding carboxylic acids is 1. The quantitative estimate of drug-likeness (QED) is 0.812. The van der Waals surface area contributed by atoms with Crippen LogP contribution in [0.25, 0.3) is 10.9 Å². The number of fused-ring (bicyclic) bond motifs is 1. The summed E-state index contributed by atoms with van der Waals surface area (Å²) in [6.07, 6.45) is 1.05. The monoisotopic (exact) mass is 314 g/mol. The molecule has 2 heterocycles. The molecule has 1 aliphatic rings. The fourth-order valence-electron chi connectivity index (χ4n) is 2.98. The number of anilines is 1. The number of aryl methyl sites for hydroxylation is 1. The molecule has 1 saturated heterocycles. The van der Waals surface area contributed by atoms with Crippen LogP contribution >= 0.6 is 0 Å². The summed E-state index contributed by atoms with van der Waals surface area (Å²) in [5, 5.41) is 1.14. The third-order valence-corrected chi connectivity index (χ3v) is 4.21. The number of hydrogen-bond donors (Lipinski definition) is 0. The van der Waals surface area contributed by atoms with E-state index in [-0.39, 0.29) is 18.5 Å². The topological polar surface area (TPSA) is 51.7 Å². The Labute approximate surface area is 136 Å². The van der Waals surface area contributed by atoms with E-state index in [9.17, 15) is 4.79 Å². The van der Waals surface area contributed by atoms with Crippen LogP contribution in [0.2, 0.25) is 0 Å². The molecule has 0 aliphatic carbocycles. The molecule has 1 aliphatic heterocycles. The summed E-state index contributed by atoms with van der Waals surface area (Å²) >= 11 is 0. The maximum absolute atomic E-state index is 11.5. The third-order valence-electron chi connectivity index (χ3n) is 4.21. The number of methoxy groups -OCH3 is 1. The Kier molecular flexibility index (Phi) is 4.76.